The minimum absolute atomic E-state index is 0.0958. The van der Waals surface area contributed by atoms with Gasteiger partial charge in [0, 0.05) is 10.7 Å². The summed E-state index contributed by atoms with van der Waals surface area (Å²) in [6.45, 7) is 5.50. The summed E-state index contributed by atoms with van der Waals surface area (Å²) in [5.41, 5.74) is -0.271. The molecule has 0 aliphatic heterocycles. The number of hydrogen-bond donors (Lipinski definition) is 1. The number of carboxylic acids is 1. The van der Waals surface area contributed by atoms with Crippen LogP contribution < -0.4 is 4.43 Å². The van der Waals surface area contributed by atoms with E-state index < -0.39 is 28.2 Å². The van der Waals surface area contributed by atoms with Crippen LogP contribution in [0.15, 0.2) is 17.0 Å². The molecule has 1 aromatic carbocycles. The third-order valence-corrected chi connectivity index (χ3v) is 4.35. The van der Waals surface area contributed by atoms with E-state index >= 15 is 0 Å². The van der Waals surface area contributed by atoms with E-state index in [2.05, 4.69) is 0 Å². The van der Waals surface area contributed by atoms with Gasteiger partial charge < -0.3 is 9.53 Å². The highest BCUT2D eigenvalue weighted by Crippen LogP contribution is 2.37. The largest absolute Gasteiger partial charge is 0.542 e. The van der Waals surface area contributed by atoms with E-state index in [1.54, 1.807) is 0 Å². The van der Waals surface area contributed by atoms with Crippen LogP contribution in [-0.2, 0) is 9.05 Å². The Morgan fingerprint density at radius 1 is 1.32 bits per heavy atom. The molecule has 0 amide bonds. The molecule has 1 N–H and O–H groups in total. The van der Waals surface area contributed by atoms with Crippen LogP contribution in [0.1, 0.15) is 10.4 Å². The number of aromatic carboxylic acids is 1. The van der Waals surface area contributed by atoms with Gasteiger partial charge in [0.15, 0.2) is 0 Å². The van der Waals surface area contributed by atoms with Gasteiger partial charge in [0.25, 0.3) is 9.05 Å². The fraction of sp³-hybridized carbons (Fsp3) is 0.300. The van der Waals surface area contributed by atoms with Crippen molar-refractivity contribution in [1.29, 1.82) is 0 Å². The summed E-state index contributed by atoms with van der Waals surface area (Å²) < 4.78 is 28.6. The van der Waals surface area contributed by atoms with Crippen molar-refractivity contribution < 1.29 is 22.7 Å². The molecule has 0 aromatic heterocycles. The van der Waals surface area contributed by atoms with Gasteiger partial charge in [-0.25, -0.2) is 13.2 Å². The van der Waals surface area contributed by atoms with Gasteiger partial charge in [-0.2, -0.15) is 0 Å². The lowest BCUT2D eigenvalue weighted by atomic mass is 10.2. The maximum Gasteiger partial charge on any atom is 0.335 e. The summed E-state index contributed by atoms with van der Waals surface area (Å²) in [5, 5.41) is 8.80. The van der Waals surface area contributed by atoms with Crippen molar-refractivity contribution in [2.24, 2.45) is 0 Å². The lowest BCUT2D eigenvalue weighted by Crippen LogP contribution is -2.30. The van der Waals surface area contributed by atoms with E-state index in [0.717, 1.165) is 12.1 Å². The predicted molar refractivity (Wildman–Crippen MR) is 75.4 cm³/mol. The lowest BCUT2D eigenvalue weighted by Gasteiger charge is -2.22. The zero-order chi connectivity index (χ0) is 15.0. The van der Waals surface area contributed by atoms with Crippen LogP contribution in [0.25, 0.3) is 0 Å². The Morgan fingerprint density at radius 3 is 2.21 bits per heavy atom. The topological polar surface area (TPSA) is 80.7 Å². The quantitative estimate of drug-likeness (QED) is 0.671. The SMILES string of the molecule is C[Si](C)(C)Oc1c(Cl)cc(C(=O)O)cc1S(=O)(=O)Cl. The highest BCUT2D eigenvalue weighted by Gasteiger charge is 2.27. The minimum atomic E-state index is -4.16. The van der Waals surface area contributed by atoms with Gasteiger partial charge in [-0.15, -0.1) is 0 Å². The molecule has 1 rings (SSSR count). The zero-order valence-electron chi connectivity index (χ0n) is 10.4. The molecular formula is C10H12Cl2O5SSi. The molecule has 5 nitrogen and oxygen atoms in total. The molecule has 106 valence electrons. The summed E-state index contributed by atoms with van der Waals surface area (Å²) in [7, 11) is -1.00. The maximum absolute atomic E-state index is 11.5. The van der Waals surface area contributed by atoms with Crippen molar-refractivity contribution in [1.82, 2.24) is 0 Å². The second kappa shape index (κ2) is 5.32. The van der Waals surface area contributed by atoms with Crippen molar-refractivity contribution in [3.05, 3.63) is 22.7 Å². The van der Waals surface area contributed by atoms with E-state index in [1.165, 1.54) is 0 Å². The first kappa shape index (κ1) is 16.3. The van der Waals surface area contributed by atoms with E-state index in [0.29, 0.717) is 0 Å². The Kier molecular flexibility index (Phi) is 4.56. The number of benzene rings is 1. The second-order valence-corrected chi connectivity index (χ2v) is 12.1. The summed E-state index contributed by atoms with van der Waals surface area (Å²) in [5.74, 6) is -1.40. The molecule has 0 heterocycles. The Labute approximate surface area is 121 Å². The first-order valence-electron chi connectivity index (χ1n) is 5.12. The van der Waals surface area contributed by atoms with Crippen molar-refractivity contribution in [2.75, 3.05) is 0 Å². The Balaban J connectivity index is 3.58. The Morgan fingerprint density at radius 2 is 1.84 bits per heavy atom. The monoisotopic (exact) mass is 342 g/mol. The fourth-order valence-corrected chi connectivity index (χ4v) is 3.55. The van der Waals surface area contributed by atoms with E-state index in [1.807, 2.05) is 19.6 Å². The Bertz CT molecular complexity index is 622. The molecule has 19 heavy (non-hydrogen) atoms. The molecule has 0 aliphatic carbocycles. The van der Waals surface area contributed by atoms with Crippen molar-refractivity contribution >= 4 is 45.6 Å². The van der Waals surface area contributed by atoms with Crippen molar-refractivity contribution in [3.63, 3.8) is 0 Å². The van der Waals surface area contributed by atoms with E-state index in [4.69, 9.17) is 31.8 Å². The molecule has 0 bridgehead atoms. The van der Waals surface area contributed by atoms with Gasteiger partial charge >= 0.3 is 5.97 Å². The van der Waals surface area contributed by atoms with Crippen molar-refractivity contribution in [3.8, 4) is 5.75 Å². The number of carbonyl (C=O) groups is 1. The molecule has 1 aromatic rings. The molecule has 0 spiro atoms. The lowest BCUT2D eigenvalue weighted by molar-refractivity contribution is 0.0696. The van der Waals surface area contributed by atoms with Crippen LogP contribution in [0, 0.1) is 0 Å². The summed E-state index contributed by atoms with van der Waals surface area (Å²) in [6, 6.07) is 2.07. The van der Waals surface area contributed by atoms with Crippen LogP contribution in [0.3, 0.4) is 0 Å². The second-order valence-electron chi connectivity index (χ2n) is 4.74. The minimum Gasteiger partial charge on any atom is -0.542 e. The smallest absolute Gasteiger partial charge is 0.335 e. The maximum atomic E-state index is 11.5. The number of hydrogen-bond acceptors (Lipinski definition) is 4. The van der Waals surface area contributed by atoms with Gasteiger partial charge in [0.05, 0.1) is 10.6 Å². The highest BCUT2D eigenvalue weighted by atomic mass is 35.7. The molecule has 0 radical (unpaired) electrons. The van der Waals surface area contributed by atoms with Crippen LogP contribution in [0.4, 0.5) is 0 Å². The molecule has 0 unspecified atom stereocenters. The first-order valence-corrected chi connectivity index (χ1v) is 11.2. The van der Waals surface area contributed by atoms with Crippen LogP contribution >= 0.6 is 22.3 Å². The molecule has 0 saturated heterocycles. The molecule has 0 aliphatic rings. The predicted octanol–water partition coefficient (Wildman–Crippen LogP) is 3.18. The van der Waals surface area contributed by atoms with Gasteiger partial charge in [0.2, 0.25) is 8.32 Å². The average Bonchev–Trinajstić information content (AvgIpc) is 2.16. The van der Waals surface area contributed by atoms with Crippen LogP contribution in [0.2, 0.25) is 24.7 Å². The van der Waals surface area contributed by atoms with E-state index in [9.17, 15) is 13.2 Å². The molecular weight excluding hydrogens is 331 g/mol. The van der Waals surface area contributed by atoms with Gasteiger partial charge in [-0.05, 0) is 31.8 Å². The van der Waals surface area contributed by atoms with E-state index in [-0.39, 0.29) is 16.3 Å². The highest BCUT2D eigenvalue weighted by molar-refractivity contribution is 8.13. The van der Waals surface area contributed by atoms with Gasteiger partial charge in [-0.3, -0.25) is 0 Å². The number of halogens is 2. The standard InChI is InChI=1S/C10H12Cl2O5SSi/c1-19(2,3)17-9-7(11)4-6(10(13)14)5-8(9)18(12,15)16/h4-5H,1-3H3,(H,13,14). The van der Waals surface area contributed by atoms with Crippen LogP contribution in [0.5, 0.6) is 5.75 Å². The zero-order valence-corrected chi connectivity index (χ0v) is 13.7. The average molecular weight is 343 g/mol. The molecule has 0 atom stereocenters. The third-order valence-electron chi connectivity index (χ3n) is 1.93. The van der Waals surface area contributed by atoms with Gasteiger partial charge in [0.1, 0.15) is 10.6 Å². The Hall–Kier alpha value is -0.763. The molecule has 0 fully saturated rings. The van der Waals surface area contributed by atoms with Gasteiger partial charge in [-0.1, -0.05) is 11.6 Å². The summed E-state index contributed by atoms with van der Waals surface area (Å²) in [6.07, 6.45) is 0. The molecule has 0 saturated carbocycles. The number of rotatable bonds is 4. The van der Waals surface area contributed by atoms with Crippen molar-refractivity contribution in [2.45, 2.75) is 24.5 Å². The van der Waals surface area contributed by atoms with Crippen LogP contribution in [-0.4, -0.2) is 27.8 Å². The third kappa shape index (κ3) is 4.38. The first-order chi connectivity index (χ1) is 8.42. The number of carboxylic acid groups (broad SMARTS) is 1. The fourth-order valence-electron chi connectivity index (χ4n) is 1.28. The summed E-state index contributed by atoms with van der Waals surface area (Å²) >= 11 is 5.90. The molecule has 9 heteroatoms. The normalized spacial score (nSPS) is 12.3. The summed E-state index contributed by atoms with van der Waals surface area (Å²) in [4.78, 5) is 10.5.